The van der Waals surface area contributed by atoms with Crippen molar-refractivity contribution in [1.82, 2.24) is 4.98 Å². The molecule has 0 unspecified atom stereocenters. The van der Waals surface area contributed by atoms with Crippen molar-refractivity contribution in [2.24, 2.45) is 0 Å². The number of hydrogen-bond acceptors (Lipinski definition) is 3. The summed E-state index contributed by atoms with van der Waals surface area (Å²) in [6, 6.07) is 1.21. The molecular formula is C5H5NO2S. The van der Waals surface area contributed by atoms with Gasteiger partial charge < -0.3 is 10.1 Å². The van der Waals surface area contributed by atoms with Gasteiger partial charge in [-0.15, -0.1) is 12.6 Å². The molecule has 0 aliphatic carbocycles. The number of rotatable bonds is 0. The molecule has 9 heavy (non-hydrogen) atoms. The van der Waals surface area contributed by atoms with Crippen LogP contribution in [0.15, 0.2) is 22.1 Å². The molecule has 4 heteroatoms. The second-order valence-corrected chi connectivity index (χ2v) is 2.05. The maximum Gasteiger partial charge on any atom is 0.224 e. The average Bonchev–Trinajstić information content (AvgIpc) is 1.80. The Kier molecular flexibility index (Phi) is 1.48. The molecule has 48 valence electrons. The van der Waals surface area contributed by atoms with Crippen molar-refractivity contribution in [1.29, 1.82) is 0 Å². The minimum atomic E-state index is -0.418. The fraction of sp³-hybridized carbons (Fsp3) is 0. The van der Waals surface area contributed by atoms with E-state index >= 15 is 0 Å². The second-order valence-electron chi connectivity index (χ2n) is 1.57. The van der Waals surface area contributed by atoms with Crippen molar-refractivity contribution in [3.8, 4) is 5.75 Å². The lowest BCUT2D eigenvalue weighted by Crippen LogP contribution is -1.97. The van der Waals surface area contributed by atoms with Crippen LogP contribution in [-0.4, -0.2) is 10.1 Å². The molecule has 2 N–H and O–H groups in total. The van der Waals surface area contributed by atoms with Gasteiger partial charge in [0.1, 0.15) is 0 Å². The molecule has 0 amide bonds. The smallest absolute Gasteiger partial charge is 0.224 e. The summed E-state index contributed by atoms with van der Waals surface area (Å²) in [5, 5.41) is 9.11. The molecule has 0 aliphatic heterocycles. The molecule has 1 rings (SSSR count). The van der Waals surface area contributed by atoms with E-state index in [1.54, 1.807) is 0 Å². The molecule has 0 aliphatic rings. The highest BCUT2D eigenvalue weighted by molar-refractivity contribution is 7.80. The molecule has 0 saturated carbocycles. The Bertz CT molecular complexity index is 268. The summed E-state index contributed by atoms with van der Waals surface area (Å²) < 4.78 is 0. The van der Waals surface area contributed by atoms with Gasteiger partial charge in [-0.05, 0) is 0 Å². The maximum absolute atomic E-state index is 10.5. The molecule has 0 atom stereocenters. The molecule has 3 nitrogen and oxygen atoms in total. The minimum absolute atomic E-state index is 0.284. The number of pyridine rings is 1. The fourth-order valence-electron chi connectivity index (χ4n) is 0.453. The molecule has 0 spiro atoms. The van der Waals surface area contributed by atoms with Gasteiger partial charge in [0.05, 0.1) is 5.03 Å². The standard InChI is InChI=1S/C5H5NO2S/c7-3-1-5(9)6-2-4(3)8/h1-2,8H,(H2,6,7,9). The Morgan fingerprint density at radius 3 is 2.78 bits per heavy atom. The first-order valence-electron chi connectivity index (χ1n) is 2.31. The lowest BCUT2D eigenvalue weighted by Gasteiger charge is -1.89. The monoisotopic (exact) mass is 143 g/mol. The third-order valence-corrected chi connectivity index (χ3v) is 1.14. The van der Waals surface area contributed by atoms with Crippen molar-refractivity contribution in [2.45, 2.75) is 5.03 Å². The molecule has 0 fully saturated rings. The first kappa shape index (κ1) is 6.22. The number of hydrogen-bond donors (Lipinski definition) is 3. The molecule has 1 aromatic heterocycles. The SMILES string of the molecule is O=c1cc(S)[nH]cc1O. The number of nitrogens with one attached hydrogen (secondary N) is 1. The van der Waals surface area contributed by atoms with Crippen LogP contribution in [-0.2, 0) is 0 Å². The molecular weight excluding hydrogens is 138 g/mol. The summed E-state index contributed by atoms with van der Waals surface area (Å²) >= 11 is 3.83. The van der Waals surface area contributed by atoms with Crippen LogP contribution in [0.1, 0.15) is 0 Å². The van der Waals surface area contributed by atoms with E-state index < -0.39 is 5.43 Å². The predicted octanol–water partition coefficient (Wildman–Crippen LogP) is 0.369. The number of thiol groups is 1. The highest BCUT2D eigenvalue weighted by atomic mass is 32.1. The number of aromatic hydroxyl groups is 1. The second kappa shape index (κ2) is 2.14. The summed E-state index contributed by atoms with van der Waals surface area (Å²) in [5.41, 5.74) is -0.418. The van der Waals surface area contributed by atoms with Crippen LogP contribution >= 0.6 is 12.6 Å². The Morgan fingerprint density at radius 2 is 2.33 bits per heavy atom. The van der Waals surface area contributed by atoms with E-state index in [1.807, 2.05) is 0 Å². The summed E-state index contributed by atoms with van der Waals surface area (Å²) in [6.07, 6.45) is 1.20. The zero-order chi connectivity index (χ0) is 6.85. The molecule has 0 aromatic carbocycles. The van der Waals surface area contributed by atoms with Gasteiger partial charge in [0.15, 0.2) is 5.75 Å². The highest BCUT2D eigenvalue weighted by Crippen LogP contribution is 2.00. The van der Waals surface area contributed by atoms with E-state index in [9.17, 15) is 4.79 Å². The lowest BCUT2D eigenvalue weighted by atomic mass is 10.4. The van der Waals surface area contributed by atoms with Crippen molar-refractivity contribution >= 4 is 12.6 Å². The van der Waals surface area contributed by atoms with Crippen molar-refractivity contribution in [3.05, 3.63) is 22.5 Å². The van der Waals surface area contributed by atoms with E-state index in [0.29, 0.717) is 5.03 Å². The predicted molar refractivity (Wildman–Crippen MR) is 36.0 cm³/mol. The van der Waals surface area contributed by atoms with Crippen molar-refractivity contribution in [3.63, 3.8) is 0 Å². The minimum Gasteiger partial charge on any atom is -0.503 e. The van der Waals surface area contributed by atoms with Gasteiger partial charge in [0, 0.05) is 12.3 Å². The lowest BCUT2D eigenvalue weighted by molar-refractivity contribution is 0.466. The van der Waals surface area contributed by atoms with Gasteiger partial charge in [-0.3, -0.25) is 4.79 Å². The molecule has 0 radical (unpaired) electrons. The number of aromatic amines is 1. The Hall–Kier alpha value is -0.900. The molecule has 1 heterocycles. The van der Waals surface area contributed by atoms with E-state index in [-0.39, 0.29) is 5.75 Å². The molecule has 0 bridgehead atoms. The van der Waals surface area contributed by atoms with Crippen LogP contribution in [0.25, 0.3) is 0 Å². The Morgan fingerprint density at radius 1 is 1.67 bits per heavy atom. The summed E-state index contributed by atoms with van der Waals surface area (Å²) in [5.74, 6) is -0.284. The largest absolute Gasteiger partial charge is 0.503 e. The zero-order valence-corrected chi connectivity index (χ0v) is 5.35. The third-order valence-electron chi connectivity index (χ3n) is 0.877. The van der Waals surface area contributed by atoms with E-state index in [1.165, 1.54) is 12.3 Å². The topological polar surface area (TPSA) is 53.1 Å². The van der Waals surface area contributed by atoms with Gasteiger partial charge in [0.25, 0.3) is 0 Å². The quantitative estimate of drug-likeness (QED) is 0.459. The van der Waals surface area contributed by atoms with Crippen LogP contribution in [0.4, 0.5) is 0 Å². The van der Waals surface area contributed by atoms with Gasteiger partial charge in [-0.25, -0.2) is 0 Å². The summed E-state index contributed by atoms with van der Waals surface area (Å²) in [4.78, 5) is 13.1. The van der Waals surface area contributed by atoms with Crippen molar-refractivity contribution < 1.29 is 5.11 Å². The van der Waals surface area contributed by atoms with Crippen LogP contribution < -0.4 is 5.43 Å². The highest BCUT2D eigenvalue weighted by Gasteiger charge is 1.92. The van der Waals surface area contributed by atoms with E-state index in [4.69, 9.17) is 5.11 Å². The van der Waals surface area contributed by atoms with Crippen molar-refractivity contribution in [2.75, 3.05) is 0 Å². The Labute approximate surface area is 56.8 Å². The summed E-state index contributed by atoms with van der Waals surface area (Å²) in [6.45, 7) is 0. The zero-order valence-electron chi connectivity index (χ0n) is 4.46. The Balaban J connectivity index is 3.34. The van der Waals surface area contributed by atoms with Crippen LogP contribution in [0.5, 0.6) is 5.75 Å². The third kappa shape index (κ3) is 1.26. The van der Waals surface area contributed by atoms with E-state index in [0.717, 1.165) is 0 Å². The summed E-state index contributed by atoms with van der Waals surface area (Å²) in [7, 11) is 0. The molecule has 1 aromatic rings. The van der Waals surface area contributed by atoms with E-state index in [2.05, 4.69) is 17.6 Å². The fourth-order valence-corrected chi connectivity index (χ4v) is 0.635. The van der Waals surface area contributed by atoms with Gasteiger partial charge in [-0.1, -0.05) is 0 Å². The van der Waals surface area contributed by atoms with Crippen LogP contribution in [0.2, 0.25) is 0 Å². The maximum atomic E-state index is 10.5. The first-order valence-corrected chi connectivity index (χ1v) is 2.75. The van der Waals surface area contributed by atoms with Crippen LogP contribution in [0, 0.1) is 0 Å². The average molecular weight is 143 g/mol. The first-order chi connectivity index (χ1) is 4.20. The van der Waals surface area contributed by atoms with Crippen LogP contribution in [0.3, 0.4) is 0 Å². The number of aromatic nitrogens is 1. The number of H-pyrrole nitrogens is 1. The molecule has 0 saturated heterocycles. The van der Waals surface area contributed by atoms with Gasteiger partial charge >= 0.3 is 0 Å². The normalized spacial score (nSPS) is 9.44. The van der Waals surface area contributed by atoms with Gasteiger partial charge in [0.2, 0.25) is 5.43 Å². The van der Waals surface area contributed by atoms with Gasteiger partial charge in [-0.2, -0.15) is 0 Å².